The van der Waals surface area contributed by atoms with Gasteiger partial charge in [0.25, 0.3) is 0 Å². The third kappa shape index (κ3) is 3.39. The molecule has 0 saturated carbocycles. The van der Waals surface area contributed by atoms with Crippen molar-refractivity contribution in [3.63, 3.8) is 0 Å². The van der Waals surface area contributed by atoms with Gasteiger partial charge < -0.3 is 14.6 Å². The van der Waals surface area contributed by atoms with Gasteiger partial charge in [-0.05, 0) is 31.9 Å². The molecule has 0 aliphatic carbocycles. The molecule has 3 atom stereocenters. The van der Waals surface area contributed by atoms with Crippen LogP contribution in [0.3, 0.4) is 0 Å². The van der Waals surface area contributed by atoms with Crippen LogP contribution in [0.25, 0.3) is 0 Å². The van der Waals surface area contributed by atoms with Crippen molar-refractivity contribution in [2.24, 2.45) is 5.16 Å². The van der Waals surface area contributed by atoms with E-state index >= 15 is 0 Å². The molecule has 1 saturated heterocycles. The number of rotatable bonds is 3. The third-order valence-corrected chi connectivity index (χ3v) is 7.11. The Hall–Kier alpha value is -3.11. The minimum Gasteiger partial charge on any atom is -0.360 e. The summed E-state index contributed by atoms with van der Waals surface area (Å²) in [6, 6.07) is 26.3. The zero-order valence-electron chi connectivity index (χ0n) is 19.4. The number of nitrogens with zero attached hydrogens (tertiary/aromatic N) is 2. The molecule has 3 aromatic rings. The van der Waals surface area contributed by atoms with Crippen LogP contribution in [0.5, 0.6) is 0 Å². The van der Waals surface area contributed by atoms with Gasteiger partial charge in [0.05, 0.1) is 26.6 Å². The standard InChI is InChI=1S/C28H31N3O/c1-20-17-21(2)26(22(3)18-20)27-29-32-28(24-13-9-6-10-14-24)19-25(23-11-7-5-8-12-23)30(4)15-16-31(27)28/h5-14,17-18,25H,15-16,19H2,1-4H3/p+1/t25?,28-/m0/s1. The molecule has 2 heterocycles. The van der Waals surface area contributed by atoms with Crippen molar-refractivity contribution in [3.8, 4) is 0 Å². The van der Waals surface area contributed by atoms with E-state index in [0.29, 0.717) is 6.04 Å². The quantitative estimate of drug-likeness (QED) is 0.683. The fourth-order valence-electron chi connectivity index (χ4n) is 5.56. The van der Waals surface area contributed by atoms with Crippen molar-refractivity contribution < 1.29 is 9.74 Å². The molecule has 2 aliphatic rings. The topological polar surface area (TPSA) is 29.3 Å². The molecule has 0 amide bonds. The average molecular weight is 427 g/mol. The summed E-state index contributed by atoms with van der Waals surface area (Å²) in [5, 5.41) is 4.78. The van der Waals surface area contributed by atoms with Crippen molar-refractivity contribution in [2.75, 3.05) is 20.1 Å². The van der Waals surface area contributed by atoms with E-state index in [1.54, 1.807) is 0 Å². The molecule has 2 unspecified atom stereocenters. The summed E-state index contributed by atoms with van der Waals surface area (Å²) < 4.78 is 0. The molecular weight excluding hydrogens is 394 g/mol. The van der Waals surface area contributed by atoms with E-state index in [-0.39, 0.29) is 0 Å². The number of hydrogen-bond donors (Lipinski definition) is 1. The fourth-order valence-corrected chi connectivity index (χ4v) is 5.56. The lowest BCUT2D eigenvalue weighted by molar-refractivity contribution is -0.911. The Labute approximate surface area is 191 Å². The van der Waals surface area contributed by atoms with Crippen LogP contribution in [0.4, 0.5) is 0 Å². The van der Waals surface area contributed by atoms with E-state index < -0.39 is 5.72 Å². The van der Waals surface area contributed by atoms with Crippen LogP contribution in [-0.2, 0) is 10.6 Å². The molecule has 164 valence electrons. The van der Waals surface area contributed by atoms with Gasteiger partial charge in [-0.25, -0.2) is 0 Å². The van der Waals surface area contributed by atoms with Gasteiger partial charge in [-0.15, -0.1) is 0 Å². The number of benzene rings is 3. The second-order valence-electron chi connectivity index (χ2n) is 9.35. The van der Waals surface area contributed by atoms with Crippen LogP contribution in [0.2, 0.25) is 0 Å². The smallest absolute Gasteiger partial charge is 0.243 e. The highest BCUT2D eigenvalue weighted by molar-refractivity contribution is 6.02. The number of aryl methyl sites for hydroxylation is 3. The van der Waals surface area contributed by atoms with E-state index in [0.717, 1.165) is 30.9 Å². The number of likely N-dealkylation sites (N-methyl/N-ethyl adjacent to an activating group) is 1. The summed E-state index contributed by atoms with van der Waals surface area (Å²) in [7, 11) is 2.30. The van der Waals surface area contributed by atoms with Crippen LogP contribution < -0.4 is 4.90 Å². The highest BCUT2D eigenvalue weighted by Gasteiger charge is 2.53. The summed E-state index contributed by atoms with van der Waals surface area (Å²) in [6.45, 7) is 8.42. The maximum atomic E-state index is 6.52. The minimum atomic E-state index is -0.612. The van der Waals surface area contributed by atoms with Crippen LogP contribution in [0.15, 0.2) is 78.0 Å². The number of quaternary nitrogens is 1. The first-order chi connectivity index (χ1) is 15.5. The molecule has 0 aromatic heterocycles. The van der Waals surface area contributed by atoms with Crippen LogP contribution >= 0.6 is 0 Å². The largest absolute Gasteiger partial charge is 0.360 e. The average Bonchev–Trinajstić information content (AvgIpc) is 3.07. The van der Waals surface area contributed by atoms with Gasteiger partial charge in [0.15, 0.2) is 5.84 Å². The zero-order valence-corrected chi connectivity index (χ0v) is 19.4. The molecule has 0 bridgehead atoms. The van der Waals surface area contributed by atoms with Crippen molar-refractivity contribution in [1.29, 1.82) is 0 Å². The van der Waals surface area contributed by atoms with E-state index in [4.69, 9.17) is 9.99 Å². The lowest BCUT2D eigenvalue weighted by Crippen LogP contribution is -3.09. The Balaban J connectivity index is 1.64. The molecule has 32 heavy (non-hydrogen) atoms. The van der Waals surface area contributed by atoms with Crippen LogP contribution in [-0.4, -0.2) is 30.9 Å². The monoisotopic (exact) mass is 426 g/mol. The Morgan fingerprint density at radius 3 is 2.22 bits per heavy atom. The molecule has 4 heteroatoms. The van der Waals surface area contributed by atoms with E-state index in [1.165, 1.54) is 32.7 Å². The SMILES string of the molecule is Cc1cc(C)c(C2=NO[C@]3(c4ccccc4)CC(c4ccccc4)[NH+](C)CCN23)c(C)c1. The Morgan fingerprint density at radius 1 is 0.938 bits per heavy atom. The molecule has 0 spiro atoms. The Bertz CT molecular complexity index is 1120. The molecule has 2 aliphatic heterocycles. The second-order valence-corrected chi connectivity index (χ2v) is 9.35. The number of nitrogens with one attached hydrogen (secondary N) is 1. The summed E-state index contributed by atoms with van der Waals surface area (Å²) in [6.07, 6.45) is 0.837. The van der Waals surface area contributed by atoms with Gasteiger partial charge in [0.1, 0.15) is 6.04 Å². The predicted octanol–water partition coefficient (Wildman–Crippen LogP) is 4.12. The van der Waals surface area contributed by atoms with E-state index in [9.17, 15) is 0 Å². The van der Waals surface area contributed by atoms with Crippen LogP contribution in [0, 0.1) is 20.8 Å². The van der Waals surface area contributed by atoms with Gasteiger partial charge in [-0.1, -0.05) is 83.5 Å². The van der Waals surface area contributed by atoms with Gasteiger partial charge in [0, 0.05) is 16.7 Å². The van der Waals surface area contributed by atoms with Gasteiger partial charge in [0.2, 0.25) is 5.72 Å². The summed E-state index contributed by atoms with van der Waals surface area (Å²) in [5.74, 6) is 0.963. The highest BCUT2D eigenvalue weighted by atomic mass is 16.7. The van der Waals surface area contributed by atoms with E-state index in [1.807, 2.05) is 0 Å². The van der Waals surface area contributed by atoms with Crippen molar-refractivity contribution in [3.05, 3.63) is 106 Å². The molecule has 1 N–H and O–H groups in total. The van der Waals surface area contributed by atoms with Gasteiger partial charge >= 0.3 is 0 Å². The first-order valence-corrected chi connectivity index (χ1v) is 11.5. The number of hydrogen-bond acceptors (Lipinski definition) is 3. The number of fused-ring (bicyclic) bond motifs is 1. The van der Waals surface area contributed by atoms with Gasteiger partial charge in [-0.3, -0.25) is 0 Å². The summed E-state index contributed by atoms with van der Waals surface area (Å²) in [4.78, 5) is 10.4. The van der Waals surface area contributed by atoms with Crippen LogP contribution in [0.1, 0.15) is 45.8 Å². The Morgan fingerprint density at radius 2 is 1.56 bits per heavy atom. The molecule has 3 aromatic carbocycles. The maximum Gasteiger partial charge on any atom is 0.243 e. The molecule has 5 rings (SSSR count). The third-order valence-electron chi connectivity index (χ3n) is 7.11. The molecular formula is C28H32N3O+. The zero-order chi connectivity index (χ0) is 22.3. The van der Waals surface area contributed by atoms with Crippen molar-refractivity contribution in [1.82, 2.24) is 4.90 Å². The fraction of sp³-hybridized carbons (Fsp3) is 0.321. The first-order valence-electron chi connectivity index (χ1n) is 11.5. The van der Waals surface area contributed by atoms with Crippen molar-refractivity contribution in [2.45, 2.75) is 39.0 Å². The predicted molar refractivity (Wildman–Crippen MR) is 129 cm³/mol. The van der Waals surface area contributed by atoms with E-state index in [2.05, 4.69) is 106 Å². The second kappa shape index (κ2) is 8.10. The number of amidine groups is 1. The molecule has 4 nitrogen and oxygen atoms in total. The molecule has 1 fully saturated rings. The minimum absolute atomic E-state index is 0.316. The first kappa shape index (κ1) is 20.8. The Kier molecular flexibility index (Phi) is 5.26. The van der Waals surface area contributed by atoms with Gasteiger partial charge in [-0.2, -0.15) is 0 Å². The highest BCUT2D eigenvalue weighted by Crippen LogP contribution is 2.44. The lowest BCUT2D eigenvalue weighted by Gasteiger charge is -2.36. The summed E-state index contributed by atoms with van der Waals surface area (Å²) in [5.41, 5.74) is 6.87. The maximum absolute atomic E-state index is 6.52. The molecule has 0 radical (unpaired) electrons. The summed E-state index contributed by atoms with van der Waals surface area (Å²) >= 11 is 0. The number of oxime groups is 1. The lowest BCUT2D eigenvalue weighted by atomic mass is 9.89. The normalized spacial score (nSPS) is 25.0. The van der Waals surface area contributed by atoms with Crippen molar-refractivity contribution >= 4 is 5.84 Å².